The molecule has 0 saturated heterocycles. The number of benzene rings is 1. The second-order valence-corrected chi connectivity index (χ2v) is 6.99. The second-order valence-electron chi connectivity index (χ2n) is 6.99. The van der Waals surface area contributed by atoms with Crippen LogP contribution in [0, 0.1) is 0 Å². The Morgan fingerprint density at radius 3 is 2.97 bits per heavy atom. The molecule has 3 aromatic rings. The number of aromatic nitrogens is 3. The van der Waals surface area contributed by atoms with E-state index in [4.69, 9.17) is 4.74 Å². The number of anilines is 1. The first kappa shape index (κ1) is 19.2. The van der Waals surface area contributed by atoms with Gasteiger partial charge in [0.15, 0.2) is 11.5 Å². The van der Waals surface area contributed by atoms with E-state index in [0.717, 1.165) is 62.5 Å². The highest BCUT2D eigenvalue weighted by atomic mass is 16.5. The number of ether oxygens (including phenoxy) is 1. The van der Waals surface area contributed by atoms with Gasteiger partial charge >= 0.3 is 0 Å². The number of nitrogens with one attached hydrogen (secondary N) is 4. The van der Waals surface area contributed by atoms with Crippen molar-refractivity contribution in [3.63, 3.8) is 0 Å². The summed E-state index contributed by atoms with van der Waals surface area (Å²) < 4.78 is 5.69. The van der Waals surface area contributed by atoms with Gasteiger partial charge in [-0.1, -0.05) is 12.1 Å². The van der Waals surface area contributed by atoms with Crippen molar-refractivity contribution in [3.05, 3.63) is 47.9 Å². The summed E-state index contributed by atoms with van der Waals surface area (Å²) in [5.41, 5.74) is 3.68. The van der Waals surface area contributed by atoms with Crippen LogP contribution in [0.5, 0.6) is 5.75 Å². The minimum atomic E-state index is -0.197. The lowest BCUT2D eigenvalue weighted by atomic mass is 10.1. The molecule has 1 amide bonds. The van der Waals surface area contributed by atoms with Crippen LogP contribution >= 0.6 is 0 Å². The van der Waals surface area contributed by atoms with Crippen LogP contribution < -0.4 is 20.7 Å². The molecule has 4 rings (SSSR count). The standard InChI is InChI=1S/C21H26N6O2/c28-21(20-26-17-7-4-11-24-19(17)27-20)25-10-2-1-9-22-12-13-23-16-6-3-5-15-8-14-29-18(15)16/h3-7,11,22-23H,1-2,8-10,12-14H2,(H,25,28)(H,24,26,27). The number of unbranched alkanes of at least 4 members (excludes halogenated alkanes) is 1. The SMILES string of the molecule is O=C(NCCCCNCCNc1cccc2c1OCC2)c1nc2ncccc2[nH]1. The number of hydrogen-bond donors (Lipinski definition) is 4. The molecule has 0 unspecified atom stereocenters. The van der Waals surface area contributed by atoms with Crippen molar-refractivity contribution in [2.45, 2.75) is 19.3 Å². The molecule has 2 aromatic heterocycles. The zero-order valence-corrected chi connectivity index (χ0v) is 16.3. The summed E-state index contributed by atoms with van der Waals surface area (Å²) in [6, 6.07) is 9.91. The van der Waals surface area contributed by atoms with Gasteiger partial charge < -0.3 is 25.7 Å². The van der Waals surface area contributed by atoms with Crippen LogP contribution in [0.15, 0.2) is 36.5 Å². The Balaban J connectivity index is 1.07. The number of carbonyl (C=O) groups is 1. The molecule has 0 saturated carbocycles. The van der Waals surface area contributed by atoms with E-state index in [9.17, 15) is 4.79 Å². The molecule has 3 heterocycles. The van der Waals surface area contributed by atoms with E-state index in [1.807, 2.05) is 12.1 Å². The van der Waals surface area contributed by atoms with Crippen molar-refractivity contribution in [2.24, 2.45) is 0 Å². The summed E-state index contributed by atoms with van der Waals surface area (Å²) in [6.45, 7) is 4.03. The Labute approximate surface area is 169 Å². The number of amides is 1. The number of pyridine rings is 1. The van der Waals surface area contributed by atoms with Crippen molar-refractivity contribution in [1.82, 2.24) is 25.6 Å². The van der Waals surface area contributed by atoms with E-state index in [1.165, 1.54) is 5.56 Å². The summed E-state index contributed by atoms with van der Waals surface area (Å²) in [6.07, 6.45) is 4.55. The number of carbonyl (C=O) groups excluding carboxylic acids is 1. The highest BCUT2D eigenvalue weighted by molar-refractivity contribution is 5.93. The molecule has 8 nitrogen and oxygen atoms in total. The largest absolute Gasteiger partial charge is 0.491 e. The number of imidazole rings is 1. The fraction of sp³-hybridized carbons (Fsp3) is 0.381. The van der Waals surface area contributed by atoms with E-state index >= 15 is 0 Å². The maximum Gasteiger partial charge on any atom is 0.287 e. The average Bonchev–Trinajstić information content (AvgIpc) is 3.39. The average molecular weight is 394 g/mol. The fourth-order valence-corrected chi connectivity index (χ4v) is 3.38. The third-order valence-corrected chi connectivity index (χ3v) is 4.87. The Kier molecular flexibility index (Phi) is 6.21. The van der Waals surface area contributed by atoms with Gasteiger partial charge in [-0.25, -0.2) is 9.97 Å². The number of H-pyrrole nitrogens is 1. The van der Waals surface area contributed by atoms with Crippen LogP contribution in [0.1, 0.15) is 29.0 Å². The predicted octanol–water partition coefficient (Wildman–Crippen LogP) is 2.10. The molecule has 1 aliphatic rings. The van der Waals surface area contributed by atoms with Gasteiger partial charge in [-0.05, 0) is 43.1 Å². The smallest absolute Gasteiger partial charge is 0.287 e. The molecule has 4 N–H and O–H groups in total. The molecule has 1 aromatic carbocycles. The van der Waals surface area contributed by atoms with Gasteiger partial charge in [-0.3, -0.25) is 4.79 Å². The van der Waals surface area contributed by atoms with Crippen LogP contribution in [0.25, 0.3) is 11.2 Å². The van der Waals surface area contributed by atoms with Crippen molar-refractivity contribution in [2.75, 3.05) is 38.1 Å². The number of nitrogens with zero attached hydrogens (tertiary/aromatic N) is 2. The highest BCUT2D eigenvalue weighted by Gasteiger charge is 2.15. The van der Waals surface area contributed by atoms with Gasteiger partial charge in [-0.2, -0.15) is 0 Å². The van der Waals surface area contributed by atoms with Crippen LogP contribution in [0.4, 0.5) is 5.69 Å². The van der Waals surface area contributed by atoms with E-state index < -0.39 is 0 Å². The van der Waals surface area contributed by atoms with Crippen molar-refractivity contribution in [3.8, 4) is 5.75 Å². The molecule has 0 radical (unpaired) electrons. The van der Waals surface area contributed by atoms with Crippen molar-refractivity contribution in [1.29, 1.82) is 0 Å². The molecule has 0 fully saturated rings. The molecular weight excluding hydrogens is 368 g/mol. The Hall–Kier alpha value is -3.13. The molecular formula is C21H26N6O2. The summed E-state index contributed by atoms with van der Waals surface area (Å²) >= 11 is 0. The Bertz CT molecular complexity index is 938. The molecule has 1 aliphatic heterocycles. The monoisotopic (exact) mass is 394 g/mol. The molecule has 152 valence electrons. The first-order chi connectivity index (χ1) is 14.3. The molecule has 8 heteroatoms. The van der Waals surface area contributed by atoms with Crippen LogP contribution in [0.3, 0.4) is 0 Å². The summed E-state index contributed by atoms with van der Waals surface area (Å²) in [4.78, 5) is 23.4. The maximum absolute atomic E-state index is 12.1. The lowest BCUT2D eigenvalue weighted by molar-refractivity contribution is 0.0944. The highest BCUT2D eigenvalue weighted by Crippen LogP contribution is 2.33. The third-order valence-electron chi connectivity index (χ3n) is 4.87. The number of para-hydroxylation sites is 1. The number of hydrogen-bond acceptors (Lipinski definition) is 6. The van der Waals surface area contributed by atoms with Crippen LogP contribution in [0.2, 0.25) is 0 Å². The minimum absolute atomic E-state index is 0.197. The zero-order chi connectivity index (χ0) is 19.9. The molecule has 0 bridgehead atoms. The molecule has 0 spiro atoms. The van der Waals surface area contributed by atoms with Crippen LogP contribution in [-0.2, 0) is 6.42 Å². The van der Waals surface area contributed by atoms with Crippen molar-refractivity contribution >= 4 is 22.8 Å². The maximum atomic E-state index is 12.1. The topological polar surface area (TPSA) is 104 Å². The molecule has 29 heavy (non-hydrogen) atoms. The van der Waals surface area contributed by atoms with Gasteiger partial charge in [0.05, 0.1) is 17.8 Å². The molecule has 0 atom stereocenters. The van der Waals surface area contributed by atoms with Gasteiger partial charge in [0.1, 0.15) is 5.75 Å². The fourth-order valence-electron chi connectivity index (χ4n) is 3.38. The summed E-state index contributed by atoms with van der Waals surface area (Å²) in [5.74, 6) is 1.11. The van der Waals surface area contributed by atoms with Gasteiger partial charge in [0, 0.05) is 32.3 Å². The van der Waals surface area contributed by atoms with Gasteiger partial charge in [0.2, 0.25) is 0 Å². The Morgan fingerprint density at radius 2 is 2.03 bits per heavy atom. The first-order valence-corrected chi connectivity index (χ1v) is 10.1. The first-order valence-electron chi connectivity index (χ1n) is 10.1. The Morgan fingerprint density at radius 1 is 1.10 bits per heavy atom. The van der Waals surface area contributed by atoms with E-state index in [0.29, 0.717) is 18.0 Å². The minimum Gasteiger partial charge on any atom is -0.491 e. The second kappa shape index (κ2) is 9.38. The normalized spacial score (nSPS) is 12.6. The summed E-state index contributed by atoms with van der Waals surface area (Å²) in [7, 11) is 0. The predicted molar refractivity (Wildman–Crippen MR) is 112 cm³/mol. The zero-order valence-electron chi connectivity index (χ0n) is 16.3. The van der Waals surface area contributed by atoms with E-state index in [-0.39, 0.29) is 5.91 Å². The van der Waals surface area contributed by atoms with Gasteiger partial charge in [0.25, 0.3) is 5.91 Å². The number of rotatable bonds is 10. The van der Waals surface area contributed by atoms with E-state index in [1.54, 1.807) is 6.20 Å². The third kappa shape index (κ3) is 4.83. The number of fused-ring (bicyclic) bond motifs is 2. The molecule has 0 aliphatic carbocycles. The van der Waals surface area contributed by atoms with Crippen molar-refractivity contribution < 1.29 is 9.53 Å². The van der Waals surface area contributed by atoms with Gasteiger partial charge in [-0.15, -0.1) is 0 Å². The lowest BCUT2D eigenvalue weighted by Gasteiger charge is -2.11. The summed E-state index contributed by atoms with van der Waals surface area (Å²) in [5, 5.41) is 9.74. The lowest BCUT2D eigenvalue weighted by Crippen LogP contribution is -2.27. The number of aromatic amines is 1. The van der Waals surface area contributed by atoms with Crippen LogP contribution in [-0.4, -0.2) is 53.6 Å². The van der Waals surface area contributed by atoms with E-state index in [2.05, 4.69) is 49.1 Å². The quantitative estimate of drug-likeness (QED) is 0.393.